The van der Waals surface area contributed by atoms with E-state index >= 15 is 0 Å². The third kappa shape index (κ3) is 2.26. The number of halogens is 1. The molecule has 0 spiro atoms. The van der Waals surface area contributed by atoms with Crippen LogP contribution in [0, 0.1) is 12.7 Å². The maximum atomic E-state index is 13.8. The number of pyridine rings is 1. The molecule has 1 amide bonds. The van der Waals surface area contributed by atoms with Crippen LogP contribution in [-0.2, 0) is 0 Å². The van der Waals surface area contributed by atoms with Crippen LogP contribution in [0.1, 0.15) is 16.2 Å². The molecular weight excluding hydrogens is 241 g/mol. The normalized spacial score (nSPS) is 10.2. The molecule has 0 bridgehead atoms. The zero-order valence-corrected chi connectivity index (χ0v) is 9.69. The van der Waals surface area contributed by atoms with E-state index in [9.17, 15) is 9.18 Å². The number of hydrogen-bond acceptors (Lipinski definition) is 6. The van der Waals surface area contributed by atoms with Gasteiger partial charge in [-0.1, -0.05) is 5.16 Å². The molecule has 0 aliphatic heterocycles. The second kappa shape index (κ2) is 4.78. The number of carbonyl (C=O) groups is 1. The number of aryl methyl sites for hydroxylation is 1. The molecule has 0 saturated heterocycles. The first-order valence-electron chi connectivity index (χ1n) is 5.05. The number of rotatable bonds is 3. The van der Waals surface area contributed by atoms with Gasteiger partial charge in [0, 0.05) is 13.2 Å². The molecule has 8 heteroatoms. The maximum absolute atomic E-state index is 13.8. The quantitative estimate of drug-likeness (QED) is 0.851. The molecule has 2 N–H and O–H groups in total. The van der Waals surface area contributed by atoms with Crippen LogP contribution in [-0.4, -0.2) is 28.1 Å². The molecule has 0 fully saturated rings. The molecule has 2 heterocycles. The van der Waals surface area contributed by atoms with Gasteiger partial charge in [-0.25, -0.2) is 9.37 Å². The van der Waals surface area contributed by atoms with Crippen LogP contribution in [0.5, 0.6) is 0 Å². The lowest BCUT2D eigenvalue weighted by molar-refractivity contribution is 0.101. The van der Waals surface area contributed by atoms with Crippen molar-refractivity contribution in [2.45, 2.75) is 6.92 Å². The van der Waals surface area contributed by atoms with Crippen molar-refractivity contribution >= 4 is 17.7 Å². The minimum absolute atomic E-state index is 0.00985. The molecule has 18 heavy (non-hydrogen) atoms. The number of amides is 1. The fourth-order valence-corrected chi connectivity index (χ4v) is 1.31. The minimum atomic E-state index is -0.742. The predicted molar refractivity (Wildman–Crippen MR) is 60.7 cm³/mol. The van der Waals surface area contributed by atoms with Crippen LogP contribution in [0.25, 0.3) is 0 Å². The van der Waals surface area contributed by atoms with Gasteiger partial charge in [0.2, 0.25) is 0 Å². The van der Waals surface area contributed by atoms with Crippen LogP contribution < -0.4 is 10.6 Å². The number of carbonyl (C=O) groups excluding carboxylic acids is 1. The summed E-state index contributed by atoms with van der Waals surface area (Å²) in [5.41, 5.74) is -0.162. The first kappa shape index (κ1) is 12.0. The number of nitrogens with one attached hydrogen (secondary N) is 2. The van der Waals surface area contributed by atoms with E-state index in [4.69, 9.17) is 4.52 Å². The van der Waals surface area contributed by atoms with Crippen molar-refractivity contribution in [2.24, 2.45) is 0 Å². The Labute approximate surface area is 101 Å². The SMILES string of the molecule is CNc1nccc(C(=O)Nc2nc(C)no2)c1F. The molecule has 0 unspecified atom stereocenters. The van der Waals surface area contributed by atoms with Crippen LogP contribution >= 0.6 is 0 Å². The fourth-order valence-electron chi connectivity index (χ4n) is 1.31. The van der Waals surface area contributed by atoms with Gasteiger partial charge in [-0.3, -0.25) is 10.1 Å². The second-order valence-corrected chi connectivity index (χ2v) is 3.37. The lowest BCUT2D eigenvalue weighted by atomic mass is 10.2. The number of anilines is 2. The van der Waals surface area contributed by atoms with E-state index < -0.39 is 11.7 Å². The molecule has 7 nitrogen and oxygen atoms in total. The maximum Gasteiger partial charge on any atom is 0.328 e. The Bertz CT molecular complexity index is 583. The van der Waals surface area contributed by atoms with Crippen molar-refractivity contribution in [1.82, 2.24) is 15.1 Å². The van der Waals surface area contributed by atoms with Crippen molar-refractivity contribution in [2.75, 3.05) is 17.7 Å². The largest absolute Gasteiger partial charge is 0.371 e. The molecule has 94 valence electrons. The van der Waals surface area contributed by atoms with E-state index in [-0.39, 0.29) is 17.4 Å². The molecule has 0 radical (unpaired) electrons. The Hall–Kier alpha value is -2.51. The van der Waals surface area contributed by atoms with Gasteiger partial charge in [0.25, 0.3) is 5.91 Å². The lowest BCUT2D eigenvalue weighted by Crippen LogP contribution is -2.15. The van der Waals surface area contributed by atoms with Crippen molar-refractivity contribution in [3.8, 4) is 0 Å². The summed E-state index contributed by atoms with van der Waals surface area (Å²) in [4.78, 5) is 19.3. The molecule has 2 aromatic heterocycles. The van der Waals surface area contributed by atoms with E-state index in [0.29, 0.717) is 5.82 Å². The van der Waals surface area contributed by atoms with E-state index in [1.165, 1.54) is 19.3 Å². The standard InChI is InChI=1S/C10H10FN5O2/c1-5-14-10(18-16-5)15-9(17)6-3-4-13-8(12-2)7(6)11/h3-4H,1-2H3,(H,12,13)(H,14,15,16,17). The Morgan fingerprint density at radius 2 is 2.28 bits per heavy atom. The van der Waals surface area contributed by atoms with Crippen molar-refractivity contribution < 1.29 is 13.7 Å². The smallest absolute Gasteiger partial charge is 0.328 e. The summed E-state index contributed by atoms with van der Waals surface area (Å²) in [6.07, 6.45) is 1.32. The van der Waals surface area contributed by atoms with E-state index in [2.05, 4.69) is 25.8 Å². The molecule has 0 aliphatic carbocycles. The zero-order chi connectivity index (χ0) is 13.1. The second-order valence-electron chi connectivity index (χ2n) is 3.37. The summed E-state index contributed by atoms with van der Waals surface area (Å²) >= 11 is 0. The average Bonchev–Trinajstić information content (AvgIpc) is 2.75. The molecule has 0 atom stereocenters. The van der Waals surface area contributed by atoms with Gasteiger partial charge in [0.15, 0.2) is 17.5 Å². The summed E-state index contributed by atoms with van der Waals surface area (Å²) in [7, 11) is 1.51. The molecule has 2 aromatic rings. The third-order valence-electron chi connectivity index (χ3n) is 2.12. The Kier molecular flexibility index (Phi) is 3.18. The summed E-state index contributed by atoms with van der Waals surface area (Å²) in [5, 5.41) is 8.34. The van der Waals surface area contributed by atoms with Gasteiger partial charge >= 0.3 is 6.01 Å². The average molecular weight is 251 g/mol. The Morgan fingerprint density at radius 1 is 1.50 bits per heavy atom. The fraction of sp³-hybridized carbons (Fsp3) is 0.200. The first-order chi connectivity index (χ1) is 8.61. The molecular formula is C10H10FN5O2. The van der Waals surface area contributed by atoms with Gasteiger partial charge in [-0.05, 0) is 13.0 Å². The van der Waals surface area contributed by atoms with Crippen molar-refractivity contribution in [3.05, 3.63) is 29.5 Å². The highest BCUT2D eigenvalue weighted by molar-refractivity contribution is 6.03. The number of hydrogen-bond donors (Lipinski definition) is 2. The van der Waals surface area contributed by atoms with Crippen molar-refractivity contribution in [1.29, 1.82) is 0 Å². The summed E-state index contributed by atoms with van der Waals surface area (Å²) in [5.74, 6) is -1.07. The third-order valence-corrected chi connectivity index (χ3v) is 2.12. The monoisotopic (exact) mass is 251 g/mol. The van der Waals surface area contributed by atoms with Crippen molar-refractivity contribution in [3.63, 3.8) is 0 Å². The summed E-state index contributed by atoms with van der Waals surface area (Å²) in [6, 6.07) is 1.18. The topological polar surface area (TPSA) is 92.9 Å². The van der Waals surface area contributed by atoms with E-state index in [0.717, 1.165) is 0 Å². The highest BCUT2D eigenvalue weighted by atomic mass is 19.1. The first-order valence-corrected chi connectivity index (χ1v) is 5.05. The lowest BCUT2D eigenvalue weighted by Gasteiger charge is -2.05. The Morgan fingerprint density at radius 3 is 2.89 bits per heavy atom. The zero-order valence-electron chi connectivity index (χ0n) is 9.69. The molecule has 2 rings (SSSR count). The Balaban J connectivity index is 2.24. The predicted octanol–water partition coefficient (Wildman–Crippen LogP) is 1.21. The number of aromatic nitrogens is 3. The van der Waals surface area contributed by atoms with Gasteiger partial charge < -0.3 is 9.84 Å². The van der Waals surface area contributed by atoms with Gasteiger partial charge in [-0.2, -0.15) is 4.98 Å². The van der Waals surface area contributed by atoms with Crippen LogP contribution in [0.2, 0.25) is 0 Å². The van der Waals surface area contributed by atoms with Gasteiger partial charge in [0.05, 0.1) is 5.56 Å². The van der Waals surface area contributed by atoms with E-state index in [1.807, 2.05) is 0 Å². The molecule has 0 saturated carbocycles. The van der Waals surface area contributed by atoms with Crippen LogP contribution in [0.15, 0.2) is 16.8 Å². The van der Waals surface area contributed by atoms with E-state index in [1.54, 1.807) is 6.92 Å². The molecule has 0 aromatic carbocycles. The van der Waals surface area contributed by atoms with Gasteiger partial charge in [0.1, 0.15) is 0 Å². The number of nitrogens with zero attached hydrogens (tertiary/aromatic N) is 3. The highest BCUT2D eigenvalue weighted by Gasteiger charge is 2.17. The minimum Gasteiger partial charge on any atom is -0.371 e. The van der Waals surface area contributed by atoms with Crippen LogP contribution in [0.4, 0.5) is 16.2 Å². The van der Waals surface area contributed by atoms with Gasteiger partial charge in [-0.15, -0.1) is 0 Å². The summed E-state index contributed by atoms with van der Waals surface area (Å²) in [6.45, 7) is 1.60. The molecule has 0 aliphatic rings. The van der Waals surface area contributed by atoms with Crippen LogP contribution in [0.3, 0.4) is 0 Å². The summed E-state index contributed by atoms with van der Waals surface area (Å²) < 4.78 is 18.5. The highest BCUT2D eigenvalue weighted by Crippen LogP contribution is 2.15.